The van der Waals surface area contributed by atoms with Crippen molar-refractivity contribution in [2.75, 3.05) is 29.4 Å². The molecular formula is C29H26ClF4N5O2. The van der Waals surface area contributed by atoms with E-state index in [0.29, 0.717) is 56.8 Å². The monoisotopic (exact) mass is 587 g/mol. The minimum Gasteiger partial charge on any atom is -0.354 e. The maximum absolute atomic E-state index is 14.3. The number of benzene rings is 1. The molecule has 214 valence electrons. The summed E-state index contributed by atoms with van der Waals surface area (Å²) in [6, 6.07) is 8.28. The number of carbonyl (C=O) groups excluding carboxylic acids is 2. The van der Waals surface area contributed by atoms with Crippen LogP contribution in [0, 0.1) is 17.6 Å². The molecule has 12 heteroatoms. The van der Waals surface area contributed by atoms with Crippen LogP contribution in [0.25, 0.3) is 0 Å². The van der Waals surface area contributed by atoms with Crippen molar-refractivity contribution in [3.8, 4) is 0 Å². The maximum atomic E-state index is 14.3. The first-order valence-electron chi connectivity index (χ1n) is 13.4. The van der Waals surface area contributed by atoms with E-state index in [1.807, 2.05) is 4.90 Å². The summed E-state index contributed by atoms with van der Waals surface area (Å²) in [5, 5.41) is 2.92. The fraction of sp³-hybridized carbons (Fsp3) is 0.379. The Kier molecular flexibility index (Phi) is 7.09. The first-order chi connectivity index (χ1) is 19.6. The molecule has 1 aromatic carbocycles. The van der Waals surface area contributed by atoms with Crippen molar-refractivity contribution in [2.24, 2.45) is 5.92 Å². The smallest absolute Gasteiger partial charge is 0.281 e. The van der Waals surface area contributed by atoms with Crippen molar-refractivity contribution in [1.82, 2.24) is 15.3 Å². The molecule has 1 saturated carbocycles. The molecule has 3 aromatic rings. The summed E-state index contributed by atoms with van der Waals surface area (Å²) in [6.45, 7) is 1.12. The van der Waals surface area contributed by atoms with E-state index in [1.165, 1.54) is 24.3 Å². The van der Waals surface area contributed by atoms with E-state index in [0.717, 1.165) is 18.0 Å². The largest absolute Gasteiger partial charge is 0.354 e. The van der Waals surface area contributed by atoms with Gasteiger partial charge in [-0.05, 0) is 67.5 Å². The van der Waals surface area contributed by atoms with Gasteiger partial charge in [-0.2, -0.15) is 0 Å². The second-order valence-electron chi connectivity index (χ2n) is 10.9. The summed E-state index contributed by atoms with van der Waals surface area (Å²) in [4.78, 5) is 37.9. The minimum absolute atomic E-state index is 0.0940. The number of nitrogens with one attached hydrogen (secondary N) is 1. The Labute approximate surface area is 238 Å². The number of halogens is 5. The average molecular weight is 588 g/mol. The lowest BCUT2D eigenvalue weighted by Gasteiger charge is -2.47. The maximum Gasteiger partial charge on any atom is 0.281 e. The summed E-state index contributed by atoms with van der Waals surface area (Å²) >= 11 is 5.88. The molecule has 0 bridgehead atoms. The number of fused-ring (bicyclic) bond motifs is 2. The van der Waals surface area contributed by atoms with Crippen LogP contribution in [0.15, 0.2) is 48.8 Å². The van der Waals surface area contributed by atoms with Gasteiger partial charge in [0.15, 0.2) is 0 Å². The van der Waals surface area contributed by atoms with Crippen LogP contribution in [-0.2, 0) is 10.2 Å². The van der Waals surface area contributed by atoms with Gasteiger partial charge in [0, 0.05) is 31.9 Å². The molecule has 3 aliphatic rings. The first kappa shape index (κ1) is 27.4. The molecule has 1 aliphatic carbocycles. The number of nitrogens with zero attached hydrogens (tertiary/aromatic N) is 4. The lowest BCUT2D eigenvalue weighted by atomic mass is 9.74. The fourth-order valence-corrected chi connectivity index (χ4v) is 6.40. The molecule has 0 unspecified atom stereocenters. The van der Waals surface area contributed by atoms with Gasteiger partial charge in [-0.25, -0.2) is 22.5 Å². The molecular weight excluding hydrogens is 562 g/mol. The Bertz CT molecular complexity index is 1490. The minimum atomic E-state index is -2.91. The predicted octanol–water partition coefficient (Wildman–Crippen LogP) is 5.44. The van der Waals surface area contributed by atoms with Crippen molar-refractivity contribution in [3.63, 3.8) is 0 Å². The number of carbonyl (C=O) groups is 2. The summed E-state index contributed by atoms with van der Waals surface area (Å²) in [5.74, 6) is -0.939. The molecule has 0 radical (unpaired) electrons. The van der Waals surface area contributed by atoms with Crippen LogP contribution in [0.1, 0.15) is 53.7 Å². The molecule has 7 nitrogen and oxygen atoms in total. The number of hydrogen-bond acceptors (Lipinski definition) is 5. The van der Waals surface area contributed by atoms with Crippen LogP contribution in [0.3, 0.4) is 0 Å². The molecule has 1 saturated heterocycles. The number of hydrogen-bond donors (Lipinski definition) is 1. The lowest BCUT2D eigenvalue weighted by molar-refractivity contribution is -0.124. The fourth-order valence-electron chi connectivity index (χ4n) is 6.24. The first-order valence-corrected chi connectivity index (χ1v) is 13.8. The topological polar surface area (TPSA) is 78.4 Å². The highest BCUT2D eigenvalue weighted by Gasteiger charge is 2.58. The van der Waals surface area contributed by atoms with Crippen molar-refractivity contribution >= 4 is 34.9 Å². The molecule has 2 aliphatic heterocycles. The molecule has 2 aromatic heterocycles. The van der Waals surface area contributed by atoms with E-state index in [4.69, 9.17) is 11.6 Å². The van der Waals surface area contributed by atoms with Crippen molar-refractivity contribution in [2.45, 2.75) is 43.6 Å². The molecule has 2 amide bonds. The third-order valence-electron chi connectivity index (χ3n) is 8.34. The Hall–Kier alpha value is -3.73. The van der Waals surface area contributed by atoms with Crippen molar-refractivity contribution < 1.29 is 27.2 Å². The number of pyridine rings is 2. The van der Waals surface area contributed by atoms with E-state index >= 15 is 0 Å². The van der Waals surface area contributed by atoms with Gasteiger partial charge in [0.1, 0.15) is 28.6 Å². The summed E-state index contributed by atoms with van der Waals surface area (Å²) in [7, 11) is 0. The SMILES string of the molecule is O=C(N[C@H]1CC[C@H](CN2C(=O)C3(CN(c4ccc(F)cn4)C3)c3ccc(F)cc32)CC1)c1cc(Cl)cnc1C(F)F. The molecule has 41 heavy (non-hydrogen) atoms. The summed E-state index contributed by atoms with van der Waals surface area (Å²) in [6.07, 6.45) is 1.88. The second-order valence-corrected chi connectivity index (χ2v) is 11.4. The standard InChI is InChI=1S/C29H26ClF4N5O2/c30-17-9-21(25(26(33)34)36-11-17)27(40)37-20-5-1-16(2-6-20)13-39-23-10-18(31)3-7-22(23)29(28(39)41)14-38(15-29)24-8-4-19(32)12-35-24/h3-4,7-12,16,20,26H,1-2,5-6,13-15H2,(H,37,40)/t16-,20-. The highest BCUT2D eigenvalue weighted by molar-refractivity contribution is 6.30. The van der Waals surface area contributed by atoms with E-state index in [1.54, 1.807) is 17.0 Å². The van der Waals surface area contributed by atoms with Gasteiger partial charge in [-0.3, -0.25) is 14.6 Å². The van der Waals surface area contributed by atoms with Crippen LogP contribution < -0.4 is 15.1 Å². The number of amides is 2. The van der Waals surface area contributed by atoms with E-state index in [2.05, 4.69) is 15.3 Å². The zero-order valence-electron chi connectivity index (χ0n) is 21.8. The average Bonchev–Trinajstić information content (AvgIpc) is 3.16. The number of aromatic nitrogens is 2. The summed E-state index contributed by atoms with van der Waals surface area (Å²) < 4.78 is 54.3. The van der Waals surface area contributed by atoms with Crippen LogP contribution >= 0.6 is 11.6 Å². The molecule has 4 heterocycles. The van der Waals surface area contributed by atoms with Gasteiger partial charge in [0.2, 0.25) is 5.91 Å². The van der Waals surface area contributed by atoms with E-state index in [-0.39, 0.29) is 28.5 Å². The molecule has 1 spiro atoms. The highest BCUT2D eigenvalue weighted by Crippen LogP contribution is 2.49. The third kappa shape index (κ3) is 5.00. The van der Waals surface area contributed by atoms with Gasteiger partial charge in [-0.1, -0.05) is 17.7 Å². The summed E-state index contributed by atoms with van der Waals surface area (Å²) in [5.41, 5.74) is -0.347. The molecule has 6 rings (SSSR count). The van der Waals surface area contributed by atoms with Gasteiger partial charge >= 0.3 is 0 Å². The van der Waals surface area contributed by atoms with Crippen LogP contribution in [0.4, 0.5) is 29.1 Å². The predicted molar refractivity (Wildman–Crippen MR) is 144 cm³/mol. The highest BCUT2D eigenvalue weighted by atomic mass is 35.5. The number of rotatable bonds is 6. The zero-order valence-corrected chi connectivity index (χ0v) is 22.6. The van der Waals surface area contributed by atoms with E-state index in [9.17, 15) is 27.2 Å². The third-order valence-corrected chi connectivity index (χ3v) is 8.54. The van der Waals surface area contributed by atoms with Gasteiger partial charge in [-0.15, -0.1) is 0 Å². The molecule has 2 fully saturated rings. The molecule has 1 N–H and O–H groups in total. The van der Waals surface area contributed by atoms with Gasteiger partial charge < -0.3 is 15.1 Å². The van der Waals surface area contributed by atoms with E-state index < -0.39 is 35.1 Å². The van der Waals surface area contributed by atoms with Crippen LogP contribution in [0.5, 0.6) is 0 Å². The van der Waals surface area contributed by atoms with Crippen molar-refractivity contribution in [3.05, 3.63) is 82.3 Å². The second kappa shape index (κ2) is 10.6. The Balaban J connectivity index is 1.11. The van der Waals surface area contributed by atoms with Gasteiger partial charge in [0.25, 0.3) is 12.3 Å². The number of anilines is 2. The van der Waals surface area contributed by atoms with Crippen molar-refractivity contribution in [1.29, 1.82) is 0 Å². The normalized spacial score (nSPS) is 21.3. The zero-order chi connectivity index (χ0) is 28.9. The van der Waals surface area contributed by atoms with Gasteiger partial charge in [0.05, 0.1) is 22.5 Å². The van der Waals surface area contributed by atoms with Crippen LogP contribution in [-0.4, -0.2) is 47.5 Å². The molecule has 0 atom stereocenters. The Morgan fingerprint density at radius 1 is 1.02 bits per heavy atom. The number of alkyl halides is 2. The Morgan fingerprint density at radius 2 is 1.76 bits per heavy atom. The lowest BCUT2D eigenvalue weighted by Crippen LogP contribution is -2.64. The van der Waals surface area contributed by atoms with Crippen LogP contribution in [0.2, 0.25) is 5.02 Å². The Morgan fingerprint density at radius 3 is 2.44 bits per heavy atom. The quantitative estimate of drug-likeness (QED) is 0.389.